The van der Waals surface area contributed by atoms with Crippen LogP contribution < -0.4 is 0 Å². The van der Waals surface area contributed by atoms with Gasteiger partial charge >= 0.3 is 12.4 Å². The van der Waals surface area contributed by atoms with Gasteiger partial charge in [-0.1, -0.05) is 110 Å². The number of hydrogen-bond donors (Lipinski definition) is 0. The molecule has 8 heteroatoms. The molecule has 0 unspecified atom stereocenters. The fourth-order valence-electron chi connectivity index (χ4n) is 8.94. The second-order valence-corrected chi connectivity index (χ2v) is 14.4. The van der Waals surface area contributed by atoms with Gasteiger partial charge < -0.3 is 9.13 Å². The molecule has 0 bridgehead atoms. The number of fused-ring (bicyclic) bond motifs is 6. The molecule has 0 spiro atoms. The summed E-state index contributed by atoms with van der Waals surface area (Å²) < 4.78 is 90.8. The smallest absolute Gasteiger partial charge is 0.340 e. The van der Waals surface area contributed by atoms with Crippen LogP contribution in [0.2, 0.25) is 0 Å². The molecule has 0 radical (unpaired) electrons. The van der Waals surface area contributed by atoms with E-state index in [4.69, 9.17) is 0 Å². The van der Waals surface area contributed by atoms with Crippen LogP contribution in [0.5, 0.6) is 0 Å². The molecule has 1 aliphatic carbocycles. The molecule has 0 aliphatic heterocycles. The van der Waals surface area contributed by atoms with Gasteiger partial charge in [-0.15, -0.1) is 0 Å². The maximum atomic E-state index is 14.5. The molecule has 2 aromatic heterocycles. The van der Waals surface area contributed by atoms with Crippen LogP contribution >= 0.6 is 0 Å². The van der Waals surface area contributed by atoms with Gasteiger partial charge in [0.25, 0.3) is 0 Å². The fraction of sp³-hybridized carbons (Fsp3) is 0.149. The van der Waals surface area contributed by atoms with E-state index in [2.05, 4.69) is 35.8 Å². The highest BCUT2D eigenvalue weighted by Gasteiger charge is 2.40. The summed E-state index contributed by atoms with van der Waals surface area (Å²) in [6.45, 7) is 4.51. The normalized spacial score (nSPS) is 16.0. The molecule has 274 valence electrons. The second kappa shape index (κ2) is 12.8. The third-order valence-electron chi connectivity index (χ3n) is 11.2. The largest absolute Gasteiger partial charge is 0.416 e. The zero-order valence-corrected chi connectivity index (χ0v) is 29.9. The Balaban J connectivity index is 1.38. The van der Waals surface area contributed by atoms with Crippen LogP contribution in [0.3, 0.4) is 0 Å². The first-order valence-corrected chi connectivity index (χ1v) is 18.2. The Hall–Kier alpha value is -6.02. The van der Waals surface area contributed by atoms with Gasteiger partial charge in [0, 0.05) is 50.6 Å². The van der Waals surface area contributed by atoms with E-state index in [9.17, 15) is 26.3 Å². The van der Waals surface area contributed by atoms with Crippen molar-refractivity contribution >= 4 is 60.5 Å². The number of halogens is 6. The van der Waals surface area contributed by atoms with Crippen molar-refractivity contribution in [2.24, 2.45) is 11.8 Å². The minimum absolute atomic E-state index is 0.227. The van der Waals surface area contributed by atoms with Crippen LogP contribution in [0, 0.1) is 11.8 Å². The summed E-state index contributed by atoms with van der Waals surface area (Å²) in [7, 11) is 0. The van der Waals surface area contributed by atoms with Crippen LogP contribution in [-0.2, 0) is 18.9 Å². The average Bonchev–Trinajstić information content (AvgIpc) is 3.79. The summed E-state index contributed by atoms with van der Waals surface area (Å²) in [5.41, 5.74) is 5.36. The number of allylic oxidation sites excluding steroid dienone is 4. The molecule has 0 N–H and O–H groups in total. The molecule has 2 nitrogen and oxygen atoms in total. The first kappa shape index (κ1) is 34.7. The molecule has 9 rings (SSSR count). The summed E-state index contributed by atoms with van der Waals surface area (Å²) in [4.78, 5) is 0. The first-order valence-electron chi connectivity index (χ1n) is 18.2. The minimum atomic E-state index is -4.61. The molecular weight excluding hydrogens is 707 g/mol. The van der Waals surface area contributed by atoms with Crippen molar-refractivity contribution in [3.8, 4) is 0 Å². The number of nitrogens with zero attached hydrogens (tertiary/aromatic N) is 2. The number of alkyl halides is 6. The zero-order chi connectivity index (χ0) is 38.2. The molecule has 8 aromatic rings. The third kappa shape index (κ3) is 5.65. The summed E-state index contributed by atoms with van der Waals surface area (Å²) in [6.07, 6.45) is -9.22. The maximum absolute atomic E-state index is 14.5. The monoisotopic (exact) mass is 740 g/mol. The van der Waals surface area contributed by atoms with E-state index in [0.717, 1.165) is 67.4 Å². The van der Waals surface area contributed by atoms with Crippen molar-refractivity contribution in [1.82, 2.24) is 9.13 Å². The third-order valence-corrected chi connectivity index (χ3v) is 11.2. The number of para-hydroxylation sites is 4. The lowest BCUT2D eigenvalue weighted by Crippen LogP contribution is -2.19. The molecule has 2 atom stereocenters. The quantitative estimate of drug-likeness (QED) is 0.150. The molecule has 2 heterocycles. The van der Waals surface area contributed by atoms with Crippen molar-refractivity contribution < 1.29 is 26.3 Å². The maximum Gasteiger partial charge on any atom is 0.416 e. The highest BCUT2D eigenvalue weighted by atomic mass is 19.4. The Morgan fingerprint density at radius 2 is 0.945 bits per heavy atom. The molecule has 0 amide bonds. The van der Waals surface area contributed by atoms with E-state index in [0.29, 0.717) is 34.5 Å². The van der Waals surface area contributed by atoms with Crippen LogP contribution in [0.25, 0.3) is 60.5 Å². The van der Waals surface area contributed by atoms with E-state index in [-0.39, 0.29) is 5.92 Å². The van der Waals surface area contributed by atoms with E-state index in [1.807, 2.05) is 84.3 Å². The Labute approximate surface area is 313 Å². The Bertz CT molecular complexity index is 2760. The predicted octanol–water partition coefficient (Wildman–Crippen LogP) is 13.7. The van der Waals surface area contributed by atoms with Crippen LogP contribution in [-0.4, -0.2) is 9.13 Å². The van der Waals surface area contributed by atoms with Gasteiger partial charge in [-0.3, -0.25) is 0 Å². The first-order chi connectivity index (χ1) is 26.4. The number of benzene rings is 6. The Morgan fingerprint density at radius 1 is 0.527 bits per heavy atom. The van der Waals surface area contributed by atoms with Gasteiger partial charge in [-0.05, 0) is 78.1 Å². The molecule has 0 saturated heterocycles. The lowest BCUT2D eigenvalue weighted by atomic mass is 9.81. The van der Waals surface area contributed by atoms with Crippen molar-refractivity contribution in [3.05, 3.63) is 173 Å². The van der Waals surface area contributed by atoms with Crippen molar-refractivity contribution in [1.29, 1.82) is 0 Å². The summed E-state index contributed by atoms with van der Waals surface area (Å²) in [5, 5.41) is 4.04. The van der Waals surface area contributed by atoms with Crippen LogP contribution in [0.4, 0.5) is 26.3 Å². The van der Waals surface area contributed by atoms with E-state index < -0.39 is 29.4 Å². The lowest BCUT2D eigenvalue weighted by Gasteiger charge is -2.27. The van der Waals surface area contributed by atoms with Crippen molar-refractivity contribution in [3.63, 3.8) is 0 Å². The number of hydrogen-bond acceptors (Lipinski definition) is 0. The van der Waals surface area contributed by atoms with Crippen molar-refractivity contribution in [2.45, 2.75) is 32.7 Å². The molecular formula is C47H34F6N2. The minimum Gasteiger partial charge on any atom is -0.340 e. The van der Waals surface area contributed by atoms with Gasteiger partial charge in [0.15, 0.2) is 0 Å². The molecule has 1 aliphatic rings. The molecule has 6 aromatic carbocycles. The SMILES string of the molecule is CC1=C(c2cccc(C(F)(F)F)c2)C(n2c3ccccc3c3ccccc32)=C(c2cccc(C(F)(F)F)c2)[C@@H]1[C@@H](C)Cn1c2ccccc2c2ccccc21. The predicted molar refractivity (Wildman–Crippen MR) is 210 cm³/mol. The standard InChI is InChI=1S/C47H34F6N2/c1-28(27-54-38-21-7-3-17-34(38)35-18-4-8-22-39(35)54)42-29(2)43(30-13-11-15-32(25-30)46(48,49)50)45(44(42)31-14-12-16-33(26-31)47(51,52)53)55-40-23-9-5-19-36(40)37-20-6-10-24-41(37)55/h3-26,28,42H,27H2,1-2H3/t28-,42+/m0/s1. The molecule has 0 fully saturated rings. The van der Waals surface area contributed by atoms with Crippen LogP contribution in [0.15, 0.2) is 151 Å². The highest BCUT2D eigenvalue weighted by molar-refractivity contribution is 6.21. The lowest BCUT2D eigenvalue weighted by molar-refractivity contribution is -0.138. The summed E-state index contributed by atoms with van der Waals surface area (Å²) in [5.74, 6) is -0.710. The van der Waals surface area contributed by atoms with Crippen molar-refractivity contribution in [2.75, 3.05) is 0 Å². The highest BCUT2D eigenvalue weighted by Crippen LogP contribution is 2.55. The van der Waals surface area contributed by atoms with E-state index in [1.165, 1.54) is 18.2 Å². The van der Waals surface area contributed by atoms with E-state index in [1.54, 1.807) is 12.1 Å². The van der Waals surface area contributed by atoms with Gasteiger partial charge in [0.05, 0.1) is 27.9 Å². The van der Waals surface area contributed by atoms with E-state index >= 15 is 0 Å². The fourth-order valence-corrected chi connectivity index (χ4v) is 8.94. The zero-order valence-electron chi connectivity index (χ0n) is 29.9. The van der Waals surface area contributed by atoms with Gasteiger partial charge in [-0.25, -0.2) is 0 Å². The van der Waals surface area contributed by atoms with Crippen LogP contribution in [0.1, 0.15) is 36.1 Å². The average molecular weight is 741 g/mol. The summed E-state index contributed by atoms with van der Waals surface area (Å²) in [6, 6.07) is 42.5. The van der Waals surface area contributed by atoms with Gasteiger partial charge in [0.1, 0.15) is 0 Å². The second-order valence-electron chi connectivity index (χ2n) is 14.4. The Morgan fingerprint density at radius 3 is 1.44 bits per heavy atom. The van der Waals surface area contributed by atoms with Gasteiger partial charge in [0.2, 0.25) is 0 Å². The molecule has 55 heavy (non-hydrogen) atoms. The molecule has 0 saturated carbocycles. The van der Waals surface area contributed by atoms with Gasteiger partial charge in [-0.2, -0.15) is 26.3 Å². The summed E-state index contributed by atoms with van der Waals surface area (Å²) >= 11 is 0. The number of aromatic nitrogens is 2. The Kier molecular flexibility index (Phi) is 8.08. The topological polar surface area (TPSA) is 9.86 Å². The number of rotatable bonds is 6.